The molecule has 1 aromatic rings. The van der Waals surface area contributed by atoms with Crippen molar-refractivity contribution in [2.24, 2.45) is 5.92 Å². The summed E-state index contributed by atoms with van der Waals surface area (Å²) in [5.41, 5.74) is -0.430. The number of hydrogen-bond acceptors (Lipinski definition) is 5. The van der Waals surface area contributed by atoms with Gasteiger partial charge in [0.25, 0.3) is 0 Å². The smallest absolute Gasteiger partial charge is 0.240 e. The summed E-state index contributed by atoms with van der Waals surface area (Å²) < 4.78 is 5.19. The van der Waals surface area contributed by atoms with Crippen LogP contribution in [0.2, 0.25) is 0 Å². The van der Waals surface area contributed by atoms with Gasteiger partial charge in [-0.25, -0.2) is 0 Å². The third-order valence-electron chi connectivity index (χ3n) is 3.69. The summed E-state index contributed by atoms with van der Waals surface area (Å²) in [5, 5.41) is 14.1. The van der Waals surface area contributed by atoms with Crippen LogP contribution in [0.1, 0.15) is 44.3 Å². The molecule has 2 heterocycles. The molecule has 0 bridgehead atoms. The van der Waals surface area contributed by atoms with Crippen LogP contribution in [0.3, 0.4) is 0 Å². The summed E-state index contributed by atoms with van der Waals surface area (Å²) in [6.45, 7) is 6.25. The zero-order valence-electron chi connectivity index (χ0n) is 10.4. The number of likely N-dealkylation sites (tertiary alicyclic amines) is 1. The van der Waals surface area contributed by atoms with Crippen LogP contribution in [0.15, 0.2) is 4.52 Å². The lowest BCUT2D eigenvalue weighted by atomic mass is 9.89. The number of hydrogen-bond donors (Lipinski definition) is 1. The fourth-order valence-corrected chi connectivity index (χ4v) is 2.48. The lowest BCUT2D eigenvalue weighted by Gasteiger charge is -2.46. The van der Waals surface area contributed by atoms with Crippen molar-refractivity contribution in [1.82, 2.24) is 15.0 Å². The molecule has 94 valence electrons. The zero-order valence-corrected chi connectivity index (χ0v) is 10.4. The molecule has 2 fully saturated rings. The SMILES string of the molecule is CC(C)c1noc(CN2CC(O)(C3CC3)C2)n1. The van der Waals surface area contributed by atoms with E-state index in [1.54, 1.807) is 0 Å². The Labute approximate surface area is 101 Å². The van der Waals surface area contributed by atoms with E-state index in [-0.39, 0.29) is 0 Å². The van der Waals surface area contributed by atoms with Crippen molar-refractivity contribution in [3.05, 3.63) is 11.7 Å². The molecule has 1 saturated carbocycles. The van der Waals surface area contributed by atoms with Crippen molar-refractivity contribution >= 4 is 0 Å². The number of aliphatic hydroxyl groups is 1. The van der Waals surface area contributed by atoms with Gasteiger partial charge in [0, 0.05) is 19.0 Å². The maximum Gasteiger partial charge on any atom is 0.240 e. The molecule has 2 aliphatic rings. The van der Waals surface area contributed by atoms with Gasteiger partial charge in [-0.15, -0.1) is 0 Å². The molecule has 0 amide bonds. The second-order valence-electron chi connectivity index (χ2n) is 5.72. The van der Waals surface area contributed by atoms with Crippen LogP contribution in [-0.4, -0.2) is 38.8 Å². The van der Waals surface area contributed by atoms with Gasteiger partial charge < -0.3 is 9.63 Å². The molecule has 3 rings (SSSR count). The van der Waals surface area contributed by atoms with Crippen molar-refractivity contribution in [2.75, 3.05) is 13.1 Å². The van der Waals surface area contributed by atoms with Crippen molar-refractivity contribution in [3.8, 4) is 0 Å². The quantitative estimate of drug-likeness (QED) is 0.851. The second kappa shape index (κ2) is 3.78. The maximum atomic E-state index is 10.2. The Morgan fingerprint density at radius 3 is 2.71 bits per heavy atom. The molecule has 5 heteroatoms. The van der Waals surface area contributed by atoms with Gasteiger partial charge in [0.2, 0.25) is 5.89 Å². The van der Waals surface area contributed by atoms with Gasteiger partial charge in [-0.2, -0.15) is 4.98 Å². The maximum absolute atomic E-state index is 10.2. The minimum Gasteiger partial charge on any atom is -0.387 e. The van der Waals surface area contributed by atoms with Gasteiger partial charge in [-0.05, 0) is 18.8 Å². The van der Waals surface area contributed by atoms with Crippen LogP contribution < -0.4 is 0 Å². The normalized spacial score (nSPS) is 24.0. The van der Waals surface area contributed by atoms with Crippen molar-refractivity contribution < 1.29 is 9.63 Å². The van der Waals surface area contributed by atoms with E-state index in [0.29, 0.717) is 24.3 Å². The van der Waals surface area contributed by atoms with Crippen molar-refractivity contribution in [1.29, 1.82) is 0 Å². The number of rotatable bonds is 4. The molecule has 17 heavy (non-hydrogen) atoms. The number of nitrogens with zero attached hydrogens (tertiary/aromatic N) is 3. The zero-order chi connectivity index (χ0) is 12.0. The van der Waals surface area contributed by atoms with Gasteiger partial charge >= 0.3 is 0 Å². The second-order valence-corrected chi connectivity index (χ2v) is 5.72. The highest BCUT2D eigenvalue weighted by Crippen LogP contribution is 2.44. The lowest BCUT2D eigenvalue weighted by Crippen LogP contribution is -2.62. The van der Waals surface area contributed by atoms with Gasteiger partial charge in [0.1, 0.15) is 0 Å². The highest BCUT2D eigenvalue weighted by atomic mass is 16.5. The first kappa shape index (κ1) is 11.2. The monoisotopic (exact) mass is 237 g/mol. The first-order chi connectivity index (χ1) is 8.07. The Kier molecular flexibility index (Phi) is 2.48. The summed E-state index contributed by atoms with van der Waals surface area (Å²) in [7, 11) is 0. The topological polar surface area (TPSA) is 62.4 Å². The first-order valence-corrected chi connectivity index (χ1v) is 6.34. The van der Waals surface area contributed by atoms with E-state index in [9.17, 15) is 5.11 Å². The summed E-state index contributed by atoms with van der Waals surface area (Å²) in [6, 6.07) is 0. The fourth-order valence-electron chi connectivity index (χ4n) is 2.48. The lowest BCUT2D eigenvalue weighted by molar-refractivity contribution is -0.119. The van der Waals surface area contributed by atoms with Gasteiger partial charge in [-0.1, -0.05) is 19.0 Å². The van der Waals surface area contributed by atoms with E-state index < -0.39 is 5.60 Å². The molecule has 1 aromatic heterocycles. The first-order valence-electron chi connectivity index (χ1n) is 6.34. The van der Waals surface area contributed by atoms with Crippen LogP contribution in [0, 0.1) is 5.92 Å². The standard InChI is InChI=1S/C12H19N3O2/c1-8(2)11-13-10(17-14-11)5-15-6-12(16,7-15)9-3-4-9/h8-9,16H,3-7H2,1-2H3. The molecule has 0 aromatic carbocycles. The Bertz CT molecular complexity index is 406. The average molecular weight is 237 g/mol. The number of β-amino-alcohol motifs (C(OH)–C–C–N with tert-alkyl or cyclic N) is 1. The minimum absolute atomic E-state index is 0.298. The molecular weight excluding hydrogens is 218 g/mol. The van der Waals surface area contributed by atoms with Gasteiger partial charge in [-0.3, -0.25) is 4.90 Å². The van der Waals surface area contributed by atoms with Crippen LogP contribution in [0.4, 0.5) is 0 Å². The van der Waals surface area contributed by atoms with E-state index in [1.807, 2.05) is 13.8 Å². The molecule has 1 aliphatic carbocycles. The summed E-state index contributed by atoms with van der Waals surface area (Å²) >= 11 is 0. The third-order valence-corrected chi connectivity index (χ3v) is 3.69. The third kappa shape index (κ3) is 2.09. The predicted octanol–water partition coefficient (Wildman–Crippen LogP) is 1.15. The molecule has 0 radical (unpaired) electrons. The van der Waals surface area contributed by atoms with Gasteiger partial charge in [0.15, 0.2) is 5.82 Å². The average Bonchev–Trinajstić information content (AvgIpc) is 2.97. The van der Waals surface area contributed by atoms with Crippen LogP contribution in [-0.2, 0) is 6.54 Å². The highest BCUT2D eigenvalue weighted by molar-refractivity contribution is 5.06. The number of aromatic nitrogens is 2. The van der Waals surface area contributed by atoms with Crippen molar-refractivity contribution in [3.63, 3.8) is 0 Å². The summed E-state index contributed by atoms with van der Waals surface area (Å²) in [6.07, 6.45) is 2.37. The predicted molar refractivity (Wildman–Crippen MR) is 61.3 cm³/mol. The Balaban J connectivity index is 1.54. The van der Waals surface area contributed by atoms with Crippen molar-refractivity contribution in [2.45, 2.75) is 44.8 Å². The molecule has 1 N–H and O–H groups in total. The van der Waals surface area contributed by atoms with E-state index in [0.717, 1.165) is 18.9 Å². The highest BCUT2D eigenvalue weighted by Gasteiger charge is 2.51. The Morgan fingerprint density at radius 1 is 1.47 bits per heavy atom. The van der Waals surface area contributed by atoms with Gasteiger partial charge in [0.05, 0.1) is 12.1 Å². The molecule has 0 spiro atoms. The van der Waals surface area contributed by atoms with E-state index in [1.165, 1.54) is 12.8 Å². The largest absolute Gasteiger partial charge is 0.387 e. The summed E-state index contributed by atoms with van der Waals surface area (Å²) in [5.74, 6) is 2.25. The molecule has 1 aliphatic heterocycles. The van der Waals surface area contributed by atoms with E-state index in [4.69, 9.17) is 4.52 Å². The van der Waals surface area contributed by atoms with E-state index >= 15 is 0 Å². The molecule has 0 unspecified atom stereocenters. The van der Waals surface area contributed by atoms with Crippen LogP contribution in [0.5, 0.6) is 0 Å². The van der Waals surface area contributed by atoms with E-state index in [2.05, 4.69) is 15.0 Å². The summed E-state index contributed by atoms with van der Waals surface area (Å²) in [4.78, 5) is 6.50. The fraction of sp³-hybridized carbons (Fsp3) is 0.833. The molecular formula is C12H19N3O2. The van der Waals surface area contributed by atoms with Crippen LogP contribution in [0.25, 0.3) is 0 Å². The molecule has 5 nitrogen and oxygen atoms in total. The molecule has 0 atom stereocenters. The van der Waals surface area contributed by atoms with Crippen LogP contribution >= 0.6 is 0 Å². The minimum atomic E-state index is -0.430. The molecule has 1 saturated heterocycles. The Morgan fingerprint density at radius 2 is 2.18 bits per heavy atom. The Hall–Kier alpha value is -0.940.